The highest BCUT2D eigenvalue weighted by atomic mass is 16.5. The number of methoxy groups -OCH3 is 1. The van der Waals surface area contributed by atoms with E-state index in [1.54, 1.807) is 7.11 Å². The Kier molecular flexibility index (Phi) is 7.82. The monoisotopic (exact) mass is 313 g/mol. The molecule has 0 aromatic rings. The van der Waals surface area contributed by atoms with Crippen LogP contribution in [0, 0.1) is 11.3 Å². The number of hydrogen-bond acceptors (Lipinski definition) is 4. The third kappa shape index (κ3) is 6.75. The van der Waals surface area contributed by atoms with Crippen molar-refractivity contribution in [1.82, 2.24) is 15.5 Å². The summed E-state index contributed by atoms with van der Waals surface area (Å²) in [6, 6.07) is 0. The summed E-state index contributed by atoms with van der Waals surface area (Å²) in [5.41, 5.74) is -0.366. The first-order chi connectivity index (χ1) is 10.3. The van der Waals surface area contributed by atoms with Crippen LogP contribution in [-0.4, -0.2) is 63.2 Å². The Balaban J connectivity index is 2.31. The molecule has 1 atom stereocenters. The molecule has 0 spiro atoms. The predicted octanol–water partition coefficient (Wildman–Crippen LogP) is 0.623. The van der Waals surface area contributed by atoms with E-state index in [2.05, 4.69) is 10.6 Å². The van der Waals surface area contributed by atoms with E-state index in [1.807, 2.05) is 25.7 Å². The highest BCUT2D eigenvalue weighted by Gasteiger charge is 2.26. The van der Waals surface area contributed by atoms with Crippen molar-refractivity contribution in [3.8, 4) is 0 Å². The van der Waals surface area contributed by atoms with E-state index < -0.39 is 0 Å². The zero-order valence-electron chi connectivity index (χ0n) is 14.4. The van der Waals surface area contributed by atoms with Gasteiger partial charge in [0.15, 0.2) is 0 Å². The predicted molar refractivity (Wildman–Crippen MR) is 86.5 cm³/mol. The minimum atomic E-state index is -0.366. The average Bonchev–Trinajstić information content (AvgIpc) is 2.48. The van der Waals surface area contributed by atoms with E-state index in [0.29, 0.717) is 32.2 Å². The smallest absolute Gasteiger partial charge is 0.236 e. The van der Waals surface area contributed by atoms with Gasteiger partial charge in [0.2, 0.25) is 11.8 Å². The lowest BCUT2D eigenvalue weighted by Gasteiger charge is -2.33. The molecule has 2 N–H and O–H groups in total. The van der Waals surface area contributed by atoms with Crippen molar-refractivity contribution >= 4 is 11.8 Å². The molecule has 0 saturated carbocycles. The average molecular weight is 313 g/mol. The SMILES string of the molecule is COCCNCC(=O)N1CCCC(CNC(=O)C(C)(C)C)C1. The molecular weight excluding hydrogens is 282 g/mol. The van der Waals surface area contributed by atoms with Gasteiger partial charge in [-0.15, -0.1) is 0 Å². The van der Waals surface area contributed by atoms with Gasteiger partial charge in [0.1, 0.15) is 0 Å². The Bertz CT molecular complexity index is 366. The normalized spacial score (nSPS) is 19.1. The molecule has 0 aromatic heterocycles. The summed E-state index contributed by atoms with van der Waals surface area (Å²) in [5.74, 6) is 0.545. The zero-order chi connectivity index (χ0) is 16.6. The molecule has 1 fully saturated rings. The number of likely N-dealkylation sites (tertiary alicyclic amines) is 1. The maximum atomic E-state index is 12.1. The fourth-order valence-electron chi connectivity index (χ4n) is 2.44. The Hall–Kier alpha value is -1.14. The Morgan fingerprint density at radius 1 is 1.32 bits per heavy atom. The van der Waals surface area contributed by atoms with Gasteiger partial charge in [-0.05, 0) is 18.8 Å². The molecule has 0 bridgehead atoms. The molecule has 0 aromatic carbocycles. The van der Waals surface area contributed by atoms with Crippen molar-refractivity contribution in [2.45, 2.75) is 33.6 Å². The van der Waals surface area contributed by atoms with E-state index in [4.69, 9.17) is 4.74 Å². The van der Waals surface area contributed by atoms with E-state index in [-0.39, 0.29) is 17.2 Å². The molecule has 2 amide bonds. The van der Waals surface area contributed by atoms with Gasteiger partial charge in [0, 0.05) is 38.7 Å². The summed E-state index contributed by atoms with van der Waals surface area (Å²) in [6.45, 7) is 9.56. The van der Waals surface area contributed by atoms with E-state index in [0.717, 1.165) is 25.9 Å². The molecule has 1 aliphatic heterocycles. The number of rotatable bonds is 7. The first kappa shape index (κ1) is 18.9. The molecule has 6 heteroatoms. The minimum Gasteiger partial charge on any atom is -0.383 e. The molecule has 1 aliphatic rings. The molecule has 0 radical (unpaired) electrons. The second kappa shape index (κ2) is 9.10. The van der Waals surface area contributed by atoms with Crippen LogP contribution < -0.4 is 10.6 Å². The molecule has 1 saturated heterocycles. The molecule has 0 aliphatic carbocycles. The summed E-state index contributed by atoms with van der Waals surface area (Å²) < 4.78 is 4.94. The molecule has 6 nitrogen and oxygen atoms in total. The summed E-state index contributed by atoms with van der Waals surface area (Å²) in [6.07, 6.45) is 2.06. The fraction of sp³-hybridized carbons (Fsp3) is 0.875. The largest absolute Gasteiger partial charge is 0.383 e. The van der Waals surface area contributed by atoms with Gasteiger partial charge < -0.3 is 20.3 Å². The lowest BCUT2D eigenvalue weighted by Crippen LogP contribution is -2.47. The highest BCUT2D eigenvalue weighted by molar-refractivity contribution is 5.81. The van der Waals surface area contributed by atoms with Crippen molar-refractivity contribution in [3.63, 3.8) is 0 Å². The maximum Gasteiger partial charge on any atom is 0.236 e. The van der Waals surface area contributed by atoms with Crippen LogP contribution in [0.2, 0.25) is 0 Å². The number of nitrogens with one attached hydrogen (secondary N) is 2. The van der Waals surface area contributed by atoms with Gasteiger partial charge in [-0.3, -0.25) is 9.59 Å². The molecule has 1 unspecified atom stereocenters. The molecule has 1 heterocycles. The lowest BCUT2D eigenvalue weighted by molar-refractivity contribution is -0.132. The van der Waals surface area contributed by atoms with Crippen molar-refractivity contribution in [3.05, 3.63) is 0 Å². The van der Waals surface area contributed by atoms with Crippen LogP contribution in [0.25, 0.3) is 0 Å². The van der Waals surface area contributed by atoms with Crippen LogP contribution in [0.1, 0.15) is 33.6 Å². The lowest BCUT2D eigenvalue weighted by atomic mass is 9.94. The second-order valence-electron chi connectivity index (χ2n) is 6.98. The number of piperidine rings is 1. The first-order valence-corrected chi connectivity index (χ1v) is 8.10. The highest BCUT2D eigenvalue weighted by Crippen LogP contribution is 2.17. The third-order valence-corrected chi connectivity index (χ3v) is 3.86. The summed E-state index contributed by atoms with van der Waals surface area (Å²) in [7, 11) is 1.64. The Morgan fingerprint density at radius 3 is 2.68 bits per heavy atom. The van der Waals surface area contributed by atoms with E-state index >= 15 is 0 Å². The van der Waals surface area contributed by atoms with Crippen LogP contribution >= 0.6 is 0 Å². The number of amides is 2. The standard InChI is InChI=1S/C16H31N3O3/c1-16(2,3)15(21)18-10-13-6-5-8-19(12-13)14(20)11-17-7-9-22-4/h13,17H,5-12H2,1-4H3,(H,18,21). The summed E-state index contributed by atoms with van der Waals surface area (Å²) >= 11 is 0. The van der Waals surface area contributed by atoms with Crippen molar-refractivity contribution in [1.29, 1.82) is 0 Å². The maximum absolute atomic E-state index is 12.1. The van der Waals surface area contributed by atoms with E-state index in [9.17, 15) is 9.59 Å². The Morgan fingerprint density at radius 2 is 2.05 bits per heavy atom. The molecule has 1 rings (SSSR count). The zero-order valence-corrected chi connectivity index (χ0v) is 14.4. The summed E-state index contributed by atoms with van der Waals surface area (Å²) in [4.78, 5) is 26.0. The van der Waals surface area contributed by atoms with Gasteiger partial charge in [0.25, 0.3) is 0 Å². The van der Waals surface area contributed by atoms with Crippen LogP contribution in [0.15, 0.2) is 0 Å². The van der Waals surface area contributed by atoms with Crippen molar-refractivity contribution in [2.24, 2.45) is 11.3 Å². The van der Waals surface area contributed by atoms with Crippen LogP contribution in [0.3, 0.4) is 0 Å². The first-order valence-electron chi connectivity index (χ1n) is 8.10. The number of carbonyl (C=O) groups is 2. The van der Waals surface area contributed by atoms with Gasteiger partial charge in [-0.25, -0.2) is 0 Å². The number of carbonyl (C=O) groups excluding carboxylic acids is 2. The van der Waals surface area contributed by atoms with Crippen molar-refractivity contribution < 1.29 is 14.3 Å². The number of ether oxygens (including phenoxy) is 1. The van der Waals surface area contributed by atoms with Gasteiger partial charge in [-0.1, -0.05) is 20.8 Å². The molecule has 22 heavy (non-hydrogen) atoms. The molecular formula is C16H31N3O3. The number of hydrogen-bond donors (Lipinski definition) is 2. The minimum absolute atomic E-state index is 0.0668. The van der Waals surface area contributed by atoms with Crippen LogP contribution in [0.4, 0.5) is 0 Å². The van der Waals surface area contributed by atoms with Crippen molar-refractivity contribution in [2.75, 3.05) is 46.4 Å². The Labute approximate surface area is 134 Å². The topological polar surface area (TPSA) is 70.7 Å². The summed E-state index contributed by atoms with van der Waals surface area (Å²) in [5, 5.41) is 6.09. The second-order valence-corrected chi connectivity index (χ2v) is 6.98. The number of nitrogens with zero attached hydrogens (tertiary/aromatic N) is 1. The third-order valence-electron chi connectivity index (χ3n) is 3.86. The molecule has 128 valence electrons. The van der Waals surface area contributed by atoms with Gasteiger partial charge in [0.05, 0.1) is 13.2 Å². The van der Waals surface area contributed by atoms with Crippen LogP contribution in [-0.2, 0) is 14.3 Å². The van der Waals surface area contributed by atoms with E-state index in [1.165, 1.54) is 0 Å². The fourth-order valence-corrected chi connectivity index (χ4v) is 2.44. The van der Waals surface area contributed by atoms with Crippen LogP contribution in [0.5, 0.6) is 0 Å². The quantitative estimate of drug-likeness (QED) is 0.676. The van der Waals surface area contributed by atoms with Gasteiger partial charge in [-0.2, -0.15) is 0 Å². The van der Waals surface area contributed by atoms with Gasteiger partial charge >= 0.3 is 0 Å².